The Hall–Kier alpha value is -2.90. The van der Waals surface area contributed by atoms with E-state index in [2.05, 4.69) is 10.4 Å². The minimum absolute atomic E-state index is 0.00696. The van der Waals surface area contributed by atoms with Crippen LogP contribution in [0.25, 0.3) is 5.52 Å². The molecule has 1 saturated carbocycles. The molecule has 0 unspecified atom stereocenters. The van der Waals surface area contributed by atoms with Gasteiger partial charge < -0.3 is 15.1 Å². The summed E-state index contributed by atoms with van der Waals surface area (Å²) in [5.41, 5.74) is 2.51. The maximum Gasteiger partial charge on any atom is 0.254 e. The first kappa shape index (κ1) is 24.2. The van der Waals surface area contributed by atoms with Crippen LogP contribution < -0.4 is 5.32 Å². The highest BCUT2D eigenvalue weighted by Crippen LogP contribution is 2.28. The van der Waals surface area contributed by atoms with Crippen LogP contribution in [0.3, 0.4) is 0 Å². The Kier molecular flexibility index (Phi) is 7.54. The van der Waals surface area contributed by atoms with E-state index in [9.17, 15) is 14.4 Å². The van der Waals surface area contributed by atoms with Crippen LogP contribution in [-0.4, -0.2) is 69.4 Å². The van der Waals surface area contributed by atoms with E-state index >= 15 is 0 Å². The van der Waals surface area contributed by atoms with Crippen molar-refractivity contribution in [3.05, 3.63) is 35.7 Å². The van der Waals surface area contributed by atoms with Crippen LogP contribution in [0.5, 0.6) is 0 Å². The van der Waals surface area contributed by atoms with Crippen molar-refractivity contribution < 1.29 is 14.4 Å². The lowest BCUT2D eigenvalue weighted by molar-refractivity contribution is -0.140. The topological polar surface area (TPSA) is 87.0 Å². The van der Waals surface area contributed by atoms with Gasteiger partial charge in [0.05, 0.1) is 5.52 Å². The number of hydrogen-bond donors (Lipinski definition) is 1. The fourth-order valence-electron chi connectivity index (χ4n) is 5.20. The van der Waals surface area contributed by atoms with Gasteiger partial charge in [0.15, 0.2) is 0 Å². The highest BCUT2D eigenvalue weighted by atomic mass is 16.2. The minimum atomic E-state index is -0.462. The van der Waals surface area contributed by atoms with Crippen molar-refractivity contribution in [2.75, 3.05) is 26.2 Å². The Labute approximate surface area is 201 Å². The van der Waals surface area contributed by atoms with Gasteiger partial charge in [-0.2, -0.15) is 5.10 Å². The van der Waals surface area contributed by atoms with Gasteiger partial charge >= 0.3 is 0 Å². The SMILES string of the molecule is CC[C@@H](C)C(=O)N[C@H](C(=O)N1CCN(C(=O)c2ccn3nccc3c2C)CC1)C1CCCCC1. The van der Waals surface area contributed by atoms with Crippen molar-refractivity contribution in [1.82, 2.24) is 24.7 Å². The number of aromatic nitrogens is 2. The van der Waals surface area contributed by atoms with Gasteiger partial charge in [0.25, 0.3) is 5.91 Å². The Morgan fingerprint density at radius 1 is 1.06 bits per heavy atom. The van der Waals surface area contributed by atoms with Gasteiger partial charge in [-0.1, -0.05) is 33.1 Å². The Balaban J connectivity index is 1.42. The molecule has 8 nitrogen and oxygen atoms in total. The average molecular weight is 468 g/mol. The largest absolute Gasteiger partial charge is 0.344 e. The molecule has 0 bridgehead atoms. The monoisotopic (exact) mass is 467 g/mol. The predicted octanol–water partition coefficient (Wildman–Crippen LogP) is 3.04. The molecule has 2 aromatic heterocycles. The number of fused-ring (bicyclic) bond motifs is 1. The van der Waals surface area contributed by atoms with Gasteiger partial charge in [0, 0.05) is 50.1 Å². The highest BCUT2D eigenvalue weighted by molar-refractivity contribution is 5.97. The van der Waals surface area contributed by atoms with E-state index in [4.69, 9.17) is 0 Å². The number of carbonyl (C=O) groups is 3. The predicted molar refractivity (Wildman–Crippen MR) is 130 cm³/mol. The van der Waals surface area contributed by atoms with Gasteiger partial charge in [-0.05, 0) is 49.8 Å². The molecule has 2 aromatic rings. The Morgan fingerprint density at radius 2 is 1.74 bits per heavy atom. The Morgan fingerprint density at radius 3 is 2.41 bits per heavy atom. The molecule has 2 atom stereocenters. The van der Waals surface area contributed by atoms with E-state index in [1.165, 1.54) is 6.42 Å². The third kappa shape index (κ3) is 4.95. The van der Waals surface area contributed by atoms with E-state index in [1.54, 1.807) is 10.7 Å². The summed E-state index contributed by atoms with van der Waals surface area (Å²) in [6.45, 7) is 7.80. The summed E-state index contributed by atoms with van der Waals surface area (Å²) >= 11 is 0. The molecule has 3 heterocycles. The zero-order valence-electron chi connectivity index (χ0n) is 20.6. The van der Waals surface area contributed by atoms with E-state index in [-0.39, 0.29) is 29.6 Å². The smallest absolute Gasteiger partial charge is 0.254 e. The van der Waals surface area contributed by atoms with Crippen LogP contribution in [0.1, 0.15) is 68.3 Å². The quantitative estimate of drug-likeness (QED) is 0.708. The normalized spacial score (nSPS) is 19.1. The molecule has 1 N–H and O–H groups in total. The number of amides is 3. The first-order valence-electron chi connectivity index (χ1n) is 12.7. The molecule has 2 aliphatic rings. The third-order valence-corrected chi connectivity index (χ3v) is 7.69. The molecule has 1 aliphatic heterocycles. The number of pyridine rings is 1. The van der Waals surface area contributed by atoms with E-state index in [1.807, 2.05) is 48.9 Å². The lowest BCUT2D eigenvalue weighted by Gasteiger charge is -2.39. The van der Waals surface area contributed by atoms with Gasteiger partial charge in [-0.3, -0.25) is 14.4 Å². The molecule has 1 saturated heterocycles. The van der Waals surface area contributed by atoms with E-state index < -0.39 is 6.04 Å². The van der Waals surface area contributed by atoms with Crippen LogP contribution >= 0.6 is 0 Å². The lowest BCUT2D eigenvalue weighted by Crippen LogP contribution is -2.58. The van der Waals surface area contributed by atoms with Gasteiger partial charge in [-0.25, -0.2) is 4.52 Å². The van der Waals surface area contributed by atoms with Crippen LogP contribution in [0.4, 0.5) is 0 Å². The van der Waals surface area contributed by atoms with Crippen molar-refractivity contribution in [3.63, 3.8) is 0 Å². The second-order valence-corrected chi connectivity index (χ2v) is 9.83. The fourth-order valence-corrected chi connectivity index (χ4v) is 5.20. The molecule has 8 heteroatoms. The number of aryl methyl sites for hydroxylation is 1. The average Bonchev–Trinajstić information content (AvgIpc) is 3.36. The first-order chi connectivity index (χ1) is 16.4. The molecule has 3 amide bonds. The molecule has 0 aromatic carbocycles. The molecule has 4 rings (SSSR count). The standard InChI is InChI=1S/C26H37N5O3/c1-4-18(2)24(32)28-23(20-8-6-5-7-9-20)26(34)30-16-14-29(15-17-30)25(33)21-11-13-31-22(19(21)3)10-12-27-31/h10-13,18,20,23H,4-9,14-17H2,1-3H3,(H,28,32)/t18-,23+/m1/s1. The molecule has 0 radical (unpaired) electrons. The molecular formula is C26H37N5O3. The first-order valence-corrected chi connectivity index (χ1v) is 12.7. The van der Waals surface area contributed by atoms with Crippen LogP contribution in [-0.2, 0) is 9.59 Å². The lowest BCUT2D eigenvalue weighted by atomic mass is 9.83. The summed E-state index contributed by atoms with van der Waals surface area (Å²) in [6, 6.07) is 3.26. The molecule has 2 fully saturated rings. The van der Waals surface area contributed by atoms with Crippen LogP contribution in [0.15, 0.2) is 24.5 Å². The number of hydrogen-bond acceptors (Lipinski definition) is 4. The molecule has 184 valence electrons. The van der Waals surface area contributed by atoms with Gasteiger partial charge in [-0.15, -0.1) is 0 Å². The van der Waals surface area contributed by atoms with Crippen molar-refractivity contribution in [1.29, 1.82) is 0 Å². The zero-order chi connectivity index (χ0) is 24.2. The van der Waals surface area contributed by atoms with E-state index in [0.29, 0.717) is 31.7 Å². The minimum Gasteiger partial charge on any atom is -0.344 e. The maximum atomic E-state index is 13.6. The van der Waals surface area contributed by atoms with Crippen molar-refractivity contribution in [3.8, 4) is 0 Å². The number of piperazine rings is 1. The summed E-state index contributed by atoms with van der Waals surface area (Å²) in [7, 11) is 0. The fraction of sp³-hybridized carbons (Fsp3) is 0.615. The molecule has 0 spiro atoms. The van der Waals surface area contributed by atoms with Crippen molar-refractivity contribution in [2.24, 2.45) is 11.8 Å². The van der Waals surface area contributed by atoms with Crippen LogP contribution in [0.2, 0.25) is 0 Å². The third-order valence-electron chi connectivity index (χ3n) is 7.69. The molecule has 1 aliphatic carbocycles. The summed E-state index contributed by atoms with van der Waals surface area (Å²) in [5.74, 6) is 0.0457. The van der Waals surface area contributed by atoms with Crippen molar-refractivity contribution >= 4 is 23.2 Å². The van der Waals surface area contributed by atoms with Gasteiger partial charge in [0.1, 0.15) is 6.04 Å². The zero-order valence-corrected chi connectivity index (χ0v) is 20.6. The number of nitrogens with zero attached hydrogens (tertiary/aromatic N) is 4. The van der Waals surface area contributed by atoms with Crippen LogP contribution in [0, 0.1) is 18.8 Å². The second-order valence-electron chi connectivity index (χ2n) is 9.83. The molecular weight excluding hydrogens is 430 g/mol. The van der Waals surface area contributed by atoms with Gasteiger partial charge in [0.2, 0.25) is 11.8 Å². The maximum absolute atomic E-state index is 13.6. The summed E-state index contributed by atoms with van der Waals surface area (Å²) in [4.78, 5) is 43.1. The Bertz CT molecular complexity index is 1030. The summed E-state index contributed by atoms with van der Waals surface area (Å²) in [6.07, 6.45) is 9.66. The summed E-state index contributed by atoms with van der Waals surface area (Å²) in [5, 5.41) is 7.33. The molecule has 34 heavy (non-hydrogen) atoms. The number of rotatable bonds is 6. The second kappa shape index (κ2) is 10.6. The number of nitrogens with one attached hydrogen (secondary N) is 1. The summed E-state index contributed by atoms with van der Waals surface area (Å²) < 4.78 is 1.77. The van der Waals surface area contributed by atoms with Crippen molar-refractivity contribution in [2.45, 2.75) is 65.3 Å². The van der Waals surface area contributed by atoms with E-state index in [0.717, 1.165) is 43.2 Å². The number of carbonyl (C=O) groups excluding carboxylic acids is 3. The highest BCUT2D eigenvalue weighted by Gasteiger charge is 2.36.